The molecule has 0 saturated carbocycles. The van der Waals surface area contributed by atoms with Gasteiger partial charge in [0.05, 0.1) is 18.1 Å². The third-order valence-corrected chi connectivity index (χ3v) is 2.37. The number of hydroxylamine groups is 1. The van der Waals surface area contributed by atoms with Gasteiger partial charge in [-0.05, 0) is 12.5 Å². The van der Waals surface area contributed by atoms with Gasteiger partial charge in [0.1, 0.15) is 0 Å². The summed E-state index contributed by atoms with van der Waals surface area (Å²) < 4.78 is 4.81. The third kappa shape index (κ3) is 4.10. The first kappa shape index (κ1) is 13.6. The summed E-state index contributed by atoms with van der Waals surface area (Å²) >= 11 is 0. The maximum Gasteiger partial charge on any atom is 0.272 e. The standard InChI is InChI=1S/C11H16N2O4/c1-9-10(8-12-17-7-6-16-2)4-3-5-11(9)13(14)15/h3-5,12H,6-8H2,1-2H3. The number of nitrogens with one attached hydrogen (secondary N) is 1. The summed E-state index contributed by atoms with van der Waals surface area (Å²) in [4.78, 5) is 15.4. The molecule has 1 aromatic rings. The molecule has 1 aromatic carbocycles. The van der Waals surface area contributed by atoms with Crippen molar-refractivity contribution < 1.29 is 14.5 Å². The minimum absolute atomic E-state index is 0.126. The Hall–Kier alpha value is -1.50. The number of rotatable bonds is 7. The van der Waals surface area contributed by atoms with Gasteiger partial charge in [0.15, 0.2) is 0 Å². The topological polar surface area (TPSA) is 73.6 Å². The lowest BCUT2D eigenvalue weighted by Crippen LogP contribution is -2.17. The third-order valence-electron chi connectivity index (χ3n) is 2.37. The van der Waals surface area contributed by atoms with Crippen molar-refractivity contribution >= 4 is 5.69 Å². The van der Waals surface area contributed by atoms with Crippen LogP contribution in [0.25, 0.3) is 0 Å². The lowest BCUT2D eigenvalue weighted by molar-refractivity contribution is -0.385. The van der Waals surface area contributed by atoms with Gasteiger partial charge in [-0.1, -0.05) is 12.1 Å². The largest absolute Gasteiger partial charge is 0.382 e. The van der Waals surface area contributed by atoms with Crippen molar-refractivity contribution in [3.8, 4) is 0 Å². The highest BCUT2D eigenvalue weighted by Gasteiger charge is 2.12. The Morgan fingerprint density at radius 2 is 2.18 bits per heavy atom. The minimum atomic E-state index is -0.384. The summed E-state index contributed by atoms with van der Waals surface area (Å²) in [5.74, 6) is 0. The molecule has 0 spiro atoms. The van der Waals surface area contributed by atoms with E-state index in [1.54, 1.807) is 20.1 Å². The fourth-order valence-electron chi connectivity index (χ4n) is 1.39. The summed E-state index contributed by atoms with van der Waals surface area (Å²) in [6.45, 7) is 3.09. The lowest BCUT2D eigenvalue weighted by atomic mass is 10.1. The van der Waals surface area contributed by atoms with Crippen LogP contribution in [0.2, 0.25) is 0 Å². The molecule has 1 N–H and O–H groups in total. The van der Waals surface area contributed by atoms with Crippen molar-refractivity contribution in [3.63, 3.8) is 0 Å². The van der Waals surface area contributed by atoms with Crippen LogP contribution in [-0.4, -0.2) is 25.2 Å². The Morgan fingerprint density at radius 3 is 2.82 bits per heavy atom. The highest BCUT2D eigenvalue weighted by molar-refractivity contribution is 5.44. The monoisotopic (exact) mass is 240 g/mol. The van der Waals surface area contributed by atoms with Crippen LogP contribution in [0.15, 0.2) is 18.2 Å². The van der Waals surface area contributed by atoms with E-state index in [9.17, 15) is 10.1 Å². The van der Waals surface area contributed by atoms with Crippen molar-refractivity contribution in [2.45, 2.75) is 13.5 Å². The first-order valence-corrected chi connectivity index (χ1v) is 5.23. The molecule has 0 fully saturated rings. The molecule has 17 heavy (non-hydrogen) atoms. The molecular formula is C11H16N2O4. The molecule has 0 heterocycles. The molecule has 0 amide bonds. The van der Waals surface area contributed by atoms with Crippen LogP contribution in [0.3, 0.4) is 0 Å². The lowest BCUT2D eigenvalue weighted by Gasteiger charge is -2.08. The van der Waals surface area contributed by atoms with E-state index >= 15 is 0 Å². The van der Waals surface area contributed by atoms with Gasteiger partial charge in [-0.25, -0.2) is 0 Å². The minimum Gasteiger partial charge on any atom is -0.382 e. The number of hydrogen-bond donors (Lipinski definition) is 1. The van der Waals surface area contributed by atoms with Crippen LogP contribution in [0.4, 0.5) is 5.69 Å². The molecular weight excluding hydrogens is 224 g/mol. The van der Waals surface area contributed by atoms with Gasteiger partial charge in [-0.3, -0.25) is 15.0 Å². The fourth-order valence-corrected chi connectivity index (χ4v) is 1.39. The zero-order chi connectivity index (χ0) is 12.7. The molecule has 94 valence electrons. The van der Waals surface area contributed by atoms with Gasteiger partial charge in [-0.15, -0.1) is 0 Å². The van der Waals surface area contributed by atoms with Crippen molar-refractivity contribution in [2.24, 2.45) is 0 Å². The molecule has 0 radical (unpaired) electrons. The molecule has 6 heteroatoms. The van der Waals surface area contributed by atoms with Crippen LogP contribution in [0.5, 0.6) is 0 Å². The fraction of sp³-hybridized carbons (Fsp3) is 0.455. The number of nitro groups is 1. The molecule has 0 aromatic heterocycles. The van der Waals surface area contributed by atoms with E-state index in [-0.39, 0.29) is 10.6 Å². The molecule has 0 saturated heterocycles. The maximum absolute atomic E-state index is 10.7. The molecule has 1 rings (SSSR count). The highest BCUT2D eigenvalue weighted by atomic mass is 16.7. The second-order valence-electron chi connectivity index (χ2n) is 3.48. The highest BCUT2D eigenvalue weighted by Crippen LogP contribution is 2.20. The Labute approximate surface area is 99.6 Å². The summed E-state index contributed by atoms with van der Waals surface area (Å²) in [7, 11) is 1.59. The SMILES string of the molecule is COCCONCc1cccc([N+](=O)[O-])c1C. The second-order valence-corrected chi connectivity index (χ2v) is 3.48. The van der Waals surface area contributed by atoms with Gasteiger partial charge in [0, 0.05) is 25.3 Å². The smallest absolute Gasteiger partial charge is 0.272 e. The van der Waals surface area contributed by atoms with E-state index in [1.807, 2.05) is 6.07 Å². The number of hydrogen-bond acceptors (Lipinski definition) is 5. The summed E-state index contributed by atoms with van der Waals surface area (Å²) in [6, 6.07) is 4.98. The number of nitrogens with zero attached hydrogens (tertiary/aromatic N) is 1. The Morgan fingerprint density at radius 1 is 1.41 bits per heavy atom. The Balaban J connectivity index is 2.54. The number of nitro benzene ring substituents is 1. The predicted octanol–water partition coefficient (Wildman–Crippen LogP) is 1.57. The van der Waals surface area contributed by atoms with Crippen molar-refractivity contribution in [2.75, 3.05) is 20.3 Å². The van der Waals surface area contributed by atoms with Gasteiger partial charge in [0.2, 0.25) is 0 Å². The molecule has 0 atom stereocenters. The molecule has 0 unspecified atom stereocenters. The van der Waals surface area contributed by atoms with Crippen LogP contribution in [-0.2, 0) is 16.1 Å². The molecule has 0 aliphatic rings. The van der Waals surface area contributed by atoms with Crippen molar-refractivity contribution in [1.82, 2.24) is 5.48 Å². The first-order valence-electron chi connectivity index (χ1n) is 5.23. The van der Waals surface area contributed by atoms with Gasteiger partial charge >= 0.3 is 0 Å². The summed E-state index contributed by atoms with van der Waals surface area (Å²) in [5, 5.41) is 10.7. The van der Waals surface area contributed by atoms with Crippen LogP contribution in [0.1, 0.15) is 11.1 Å². The number of ether oxygens (including phenoxy) is 1. The Bertz CT molecular complexity index is 382. The van der Waals surface area contributed by atoms with Crippen LogP contribution < -0.4 is 5.48 Å². The summed E-state index contributed by atoms with van der Waals surface area (Å²) in [5.41, 5.74) is 4.36. The average Bonchev–Trinajstić information content (AvgIpc) is 2.30. The van der Waals surface area contributed by atoms with E-state index in [4.69, 9.17) is 9.57 Å². The normalized spacial score (nSPS) is 10.5. The molecule has 0 bridgehead atoms. The van der Waals surface area contributed by atoms with E-state index in [0.29, 0.717) is 25.3 Å². The molecule has 0 aliphatic carbocycles. The van der Waals surface area contributed by atoms with Crippen molar-refractivity contribution in [3.05, 3.63) is 39.4 Å². The number of benzene rings is 1. The first-order chi connectivity index (χ1) is 8.16. The van der Waals surface area contributed by atoms with E-state index in [1.165, 1.54) is 6.07 Å². The van der Waals surface area contributed by atoms with E-state index < -0.39 is 0 Å². The second kappa shape index (κ2) is 6.95. The molecule has 6 nitrogen and oxygen atoms in total. The quantitative estimate of drug-likeness (QED) is 0.445. The van der Waals surface area contributed by atoms with E-state index in [0.717, 1.165) is 5.56 Å². The molecule has 0 aliphatic heterocycles. The van der Waals surface area contributed by atoms with Crippen LogP contribution >= 0.6 is 0 Å². The number of methoxy groups -OCH3 is 1. The van der Waals surface area contributed by atoms with Crippen molar-refractivity contribution in [1.29, 1.82) is 0 Å². The summed E-state index contributed by atoms with van der Waals surface area (Å²) in [6.07, 6.45) is 0. The zero-order valence-corrected chi connectivity index (χ0v) is 9.93. The van der Waals surface area contributed by atoms with Gasteiger partial charge in [0.25, 0.3) is 5.69 Å². The van der Waals surface area contributed by atoms with Gasteiger partial charge in [-0.2, -0.15) is 5.48 Å². The Kier molecular flexibility index (Phi) is 5.55. The van der Waals surface area contributed by atoms with Gasteiger partial charge < -0.3 is 4.74 Å². The van der Waals surface area contributed by atoms with Crippen LogP contribution in [0, 0.1) is 17.0 Å². The zero-order valence-electron chi connectivity index (χ0n) is 9.93. The maximum atomic E-state index is 10.7. The predicted molar refractivity (Wildman–Crippen MR) is 62.5 cm³/mol. The average molecular weight is 240 g/mol. The van der Waals surface area contributed by atoms with E-state index in [2.05, 4.69) is 5.48 Å².